The molecule has 0 aliphatic heterocycles. The number of benzene rings is 2. The quantitative estimate of drug-likeness (QED) is 0.566. The predicted octanol–water partition coefficient (Wildman–Crippen LogP) is 6.74. The molecule has 0 radical (unpaired) electrons. The van der Waals surface area contributed by atoms with E-state index in [1.165, 1.54) is 0 Å². The number of nitrogens with zero attached hydrogens (tertiary/aromatic N) is 1. The summed E-state index contributed by atoms with van der Waals surface area (Å²) >= 11 is 0. The molecule has 2 N–H and O–H groups in total. The summed E-state index contributed by atoms with van der Waals surface area (Å²) in [6.07, 6.45) is 1.65. The molecule has 2 rings (SSSR count). The molecule has 2 aromatic rings. The highest BCUT2D eigenvalue weighted by molar-refractivity contribution is 5.87. The van der Waals surface area contributed by atoms with Crippen LogP contribution in [0.25, 0.3) is 0 Å². The zero-order valence-electron chi connectivity index (χ0n) is 18.8. The number of phenolic OH excluding ortho intramolecular Hbond substituents is 2. The highest BCUT2D eigenvalue weighted by atomic mass is 16.3. The lowest BCUT2D eigenvalue weighted by Crippen LogP contribution is -2.17. The molecule has 0 saturated carbocycles. The molecule has 0 bridgehead atoms. The molecule has 0 aliphatic rings. The minimum atomic E-state index is -0.192. The van der Waals surface area contributed by atoms with Crippen molar-refractivity contribution in [3.8, 4) is 11.5 Å². The van der Waals surface area contributed by atoms with Crippen LogP contribution in [-0.4, -0.2) is 16.4 Å². The van der Waals surface area contributed by atoms with Crippen LogP contribution in [0.15, 0.2) is 35.3 Å². The summed E-state index contributed by atoms with van der Waals surface area (Å²) in [5.41, 5.74) is 4.03. The van der Waals surface area contributed by atoms with Gasteiger partial charge in [0, 0.05) is 17.3 Å². The van der Waals surface area contributed by atoms with Crippen LogP contribution < -0.4 is 0 Å². The van der Waals surface area contributed by atoms with E-state index in [0.29, 0.717) is 11.3 Å². The Bertz CT molecular complexity index is 888. The Morgan fingerprint density at radius 1 is 0.714 bits per heavy atom. The lowest BCUT2D eigenvalue weighted by Gasteiger charge is -2.27. The van der Waals surface area contributed by atoms with Gasteiger partial charge >= 0.3 is 0 Å². The van der Waals surface area contributed by atoms with Crippen molar-refractivity contribution in [3.05, 3.63) is 52.6 Å². The van der Waals surface area contributed by atoms with E-state index in [9.17, 15) is 10.2 Å². The van der Waals surface area contributed by atoms with Crippen molar-refractivity contribution >= 4 is 11.9 Å². The first kappa shape index (κ1) is 22.0. The number of hydrogen-bond acceptors (Lipinski definition) is 3. The fourth-order valence-electron chi connectivity index (χ4n) is 2.99. The molecular formula is C25H35NO2. The number of aromatic hydroxyl groups is 2. The van der Waals surface area contributed by atoms with Gasteiger partial charge in [-0.2, -0.15) is 0 Å². The number of hydrogen-bond donors (Lipinski definition) is 2. The van der Waals surface area contributed by atoms with Crippen LogP contribution in [0.2, 0.25) is 0 Å². The van der Waals surface area contributed by atoms with Gasteiger partial charge in [0.25, 0.3) is 0 Å². The van der Waals surface area contributed by atoms with Crippen LogP contribution in [0.4, 0.5) is 5.69 Å². The summed E-state index contributed by atoms with van der Waals surface area (Å²) in [5.74, 6) is 0.377. The van der Waals surface area contributed by atoms with Crippen molar-refractivity contribution in [2.24, 2.45) is 4.99 Å². The molecule has 0 unspecified atom stereocenters. The molecule has 0 heterocycles. The second-order valence-electron chi connectivity index (χ2n) is 10.7. The van der Waals surface area contributed by atoms with E-state index in [4.69, 9.17) is 0 Å². The van der Waals surface area contributed by atoms with Crippen molar-refractivity contribution in [2.75, 3.05) is 0 Å². The highest BCUT2D eigenvalue weighted by Crippen LogP contribution is 2.38. The standard InChI is InChI=1S/C25H35NO2/c1-23(2,3)17-10-11-21(27)20(14-17)26-15-16-12-18(24(4,5)6)13-19(22(16)28)25(7,8)9/h10-15,27-28H,1-9H3. The fourth-order valence-corrected chi connectivity index (χ4v) is 2.99. The summed E-state index contributed by atoms with van der Waals surface area (Å²) in [5, 5.41) is 21.1. The van der Waals surface area contributed by atoms with Crippen LogP contribution in [0, 0.1) is 0 Å². The van der Waals surface area contributed by atoms with Crippen LogP contribution in [0.5, 0.6) is 11.5 Å². The molecule has 0 aliphatic carbocycles. The molecule has 3 heteroatoms. The summed E-state index contributed by atoms with van der Waals surface area (Å²) in [7, 11) is 0. The Hall–Kier alpha value is -2.29. The van der Waals surface area contributed by atoms with Gasteiger partial charge in [-0.15, -0.1) is 0 Å². The number of phenols is 2. The summed E-state index contributed by atoms with van der Waals surface area (Å²) < 4.78 is 0. The fraction of sp³-hybridized carbons (Fsp3) is 0.480. The van der Waals surface area contributed by atoms with E-state index in [1.54, 1.807) is 12.3 Å². The molecule has 152 valence electrons. The van der Waals surface area contributed by atoms with Gasteiger partial charge in [0.2, 0.25) is 0 Å². The van der Waals surface area contributed by atoms with Gasteiger partial charge in [0.05, 0.1) is 0 Å². The number of rotatable bonds is 2. The molecule has 2 aromatic carbocycles. The third-order valence-corrected chi connectivity index (χ3v) is 5.00. The van der Waals surface area contributed by atoms with E-state index in [0.717, 1.165) is 16.7 Å². The molecule has 3 nitrogen and oxygen atoms in total. The Balaban J connectivity index is 2.60. The smallest absolute Gasteiger partial charge is 0.141 e. The topological polar surface area (TPSA) is 52.8 Å². The van der Waals surface area contributed by atoms with Crippen LogP contribution in [0.1, 0.15) is 84.6 Å². The van der Waals surface area contributed by atoms with E-state index >= 15 is 0 Å². The van der Waals surface area contributed by atoms with E-state index in [-0.39, 0.29) is 27.7 Å². The van der Waals surface area contributed by atoms with Gasteiger partial charge in [-0.3, -0.25) is 4.99 Å². The third kappa shape index (κ3) is 4.95. The Morgan fingerprint density at radius 2 is 1.29 bits per heavy atom. The summed E-state index contributed by atoms with van der Waals surface area (Å²) in [6.45, 7) is 19.1. The average molecular weight is 382 g/mol. The van der Waals surface area contributed by atoms with Crippen molar-refractivity contribution in [1.82, 2.24) is 0 Å². The number of aliphatic imine (C=N–C) groups is 1. The SMILES string of the molecule is CC(C)(C)c1ccc(O)c(N=Cc2cc(C(C)(C)C)cc(C(C)(C)C)c2O)c1. The monoisotopic (exact) mass is 381 g/mol. The maximum absolute atomic E-state index is 10.9. The second kappa shape index (κ2) is 7.27. The predicted molar refractivity (Wildman–Crippen MR) is 120 cm³/mol. The van der Waals surface area contributed by atoms with Crippen molar-refractivity contribution in [3.63, 3.8) is 0 Å². The van der Waals surface area contributed by atoms with Crippen molar-refractivity contribution in [2.45, 2.75) is 78.6 Å². The largest absolute Gasteiger partial charge is 0.507 e. The summed E-state index contributed by atoms with van der Waals surface area (Å²) in [4.78, 5) is 4.52. The van der Waals surface area contributed by atoms with Gasteiger partial charge in [0.1, 0.15) is 17.2 Å². The minimum absolute atomic E-state index is 0.0360. The molecule has 0 saturated heterocycles. The molecule has 0 fully saturated rings. The molecule has 28 heavy (non-hydrogen) atoms. The van der Waals surface area contributed by atoms with Crippen LogP contribution >= 0.6 is 0 Å². The van der Waals surface area contributed by atoms with Gasteiger partial charge < -0.3 is 10.2 Å². The Kier molecular flexibility index (Phi) is 5.71. The van der Waals surface area contributed by atoms with Crippen molar-refractivity contribution < 1.29 is 10.2 Å². The molecular weight excluding hydrogens is 346 g/mol. The first-order valence-electron chi connectivity index (χ1n) is 9.86. The van der Waals surface area contributed by atoms with Gasteiger partial charge in [-0.05, 0) is 45.6 Å². The van der Waals surface area contributed by atoms with Crippen LogP contribution in [-0.2, 0) is 16.2 Å². The molecule has 0 amide bonds. The van der Waals surface area contributed by atoms with E-state index < -0.39 is 0 Å². The second-order valence-corrected chi connectivity index (χ2v) is 10.7. The molecule has 0 aromatic heterocycles. The normalized spacial score (nSPS) is 13.3. The lowest BCUT2D eigenvalue weighted by molar-refractivity contribution is 0.444. The Labute approximate surface area is 170 Å². The van der Waals surface area contributed by atoms with Crippen LogP contribution in [0.3, 0.4) is 0 Å². The minimum Gasteiger partial charge on any atom is -0.507 e. The summed E-state index contributed by atoms with van der Waals surface area (Å²) in [6, 6.07) is 9.58. The van der Waals surface area contributed by atoms with Gasteiger partial charge in [0.15, 0.2) is 0 Å². The molecule has 0 spiro atoms. The maximum atomic E-state index is 10.9. The van der Waals surface area contributed by atoms with E-state index in [2.05, 4.69) is 73.4 Å². The lowest BCUT2D eigenvalue weighted by atomic mass is 9.79. The van der Waals surface area contributed by atoms with E-state index in [1.807, 2.05) is 18.2 Å². The average Bonchev–Trinajstić information content (AvgIpc) is 2.51. The third-order valence-electron chi connectivity index (χ3n) is 5.00. The van der Waals surface area contributed by atoms with Gasteiger partial charge in [-0.1, -0.05) is 74.4 Å². The first-order valence-corrected chi connectivity index (χ1v) is 9.86. The van der Waals surface area contributed by atoms with Gasteiger partial charge in [-0.25, -0.2) is 0 Å². The zero-order valence-corrected chi connectivity index (χ0v) is 18.8. The van der Waals surface area contributed by atoms with Crippen molar-refractivity contribution in [1.29, 1.82) is 0 Å². The first-order chi connectivity index (χ1) is 12.6. The zero-order chi connectivity index (χ0) is 21.5. The molecule has 0 atom stereocenters. The maximum Gasteiger partial charge on any atom is 0.141 e. The highest BCUT2D eigenvalue weighted by Gasteiger charge is 2.24. The Morgan fingerprint density at radius 3 is 1.79 bits per heavy atom.